The molecule has 0 aliphatic heterocycles. The van der Waals surface area contributed by atoms with Crippen LogP contribution in [0, 0.1) is 11.8 Å². The third-order valence-corrected chi connectivity index (χ3v) is 1.82. The van der Waals surface area contributed by atoms with E-state index in [4.69, 9.17) is 10.5 Å². The molecule has 2 N–H and O–H groups in total. The number of rotatable bonds is 4. The molecule has 0 bridgehead atoms. The maximum atomic E-state index is 5.38. The standard InChI is InChI=1S/C11H15N3O/c1-15-11-10(13-8-9-14-11)6-4-2-3-5-7-12/h8-9H,2-3,5,7,12H2,1H3. The molecule has 0 amide bonds. The van der Waals surface area contributed by atoms with Gasteiger partial charge in [0.15, 0.2) is 5.69 Å². The van der Waals surface area contributed by atoms with Crippen LogP contribution < -0.4 is 10.5 Å². The zero-order valence-corrected chi connectivity index (χ0v) is 8.86. The van der Waals surface area contributed by atoms with E-state index in [0.717, 1.165) is 25.8 Å². The zero-order valence-electron chi connectivity index (χ0n) is 8.86. The summed E-state index contributed by atoms with van der Waals surface area (Å²) in [5.74, 6) is 6.43. The van der Waals surface area contributed by atoms with Crippen molar-refractivity contribution < 1.29 is 4.74 Å². The lowest BCUT2D eigenvalue weighted by Gasteiger charge is -1.98. The van der Waals surface area contributed by atoms with Crippen LogP contribution in [0.25, 0.3) is 0 Å². The van der Waals surface area contributed by atoms with Gasteiger partial charge in [0.25, 0.3) is 0 Å². The predicted molar refractivity (Wildman–Crippen MR) is 58.4 cm³/mol. The summed E-state index contributed by atoms with van der Waals surface area (Å²) in [5, 5.41) is 0. The van der Waals surface area contributed by atoms with Gasteiger partial charge in [-0.2, -0.15) is 0 Å². The summed E-state index contributed by atoms with van der Waals surface area (Å²) in [5.41, 5.74) is 5.97. The Balaban J connectivity index is 2.55. The minimum Gasteiger partial charge on any atom is -0.479 e. The molecule has 0 fully saturated rings. The van der Waals surface area contributed by atoms with E-state index in [1.807, 2.05) is 0 Å². The molecule has 0 aliphatic carbocycles. The average molecular weight is 205 g/mol. The quantitative estimate of drug-likeness (QED) is 0.587. The Morgan fingerprint density at radius 2 is 2.13 bits per heavy atom. The Morgan fingerprint density at radius 1 is 1.33 bits per heavy atom. The van der Waals surface area contributed by atoms with E-state index in [1.54, 1.807) is 19.5 Å². The van der Waals surface area contributed by atoms with Crippen molar-refractivity contribution in [2.45, 2.75) is 19.3 Å². The van der Waals surface area contributed by atoms with Gasteiger partial charge < -0.3 is 10.5 Å². The molecule has 0 aliphatic rings. The Bertz CT molecular complexity index is 354. The molecule has 80 valence electrons. The van der Waals surface area contributed by atoms with E-state index < -0.39 is 0 Å². The summed E-state index contributed by atoms with van der Waals surface area (Å²) in [7, 11) is 1.56. The number of hydrogen-bond acceptors (Lipinski definition) is 4. The number of methoxy groups -OCH3 is 1. The van der Waals surface area contributed by atoms with Crippen molar-refractivity contribution in [3.63, 3.8) is 0 Å². The first-order valence-corrected chi connectivity index (χ1v) is 4.92. The lowest BCUT2D eigenvalue weighted by molar-refractivity contribution is 0.394. The smallest absolute Gasteiger partial charge is 0.248 e. The first-order valence-electron chi connectivity index (χ1n) is 4.92. The number of hydrogen-bond donors (Lipinski definition) is 1. The monoisotopic (exact) mass is 205 g/mol. The van der Waals surface area contributed by atoms with Gasteiger partial charge in [-0.25, -0.2) is 9.97 Å². The second-order valence-corrected chi connectivity index (χ2v) is 2.96. The summed E-state index contributed by atoms with van der Waals surface area (Å²) < 4.78 is 5.03. The first kappa shape index (κ1) is 11.5. The Hall–Kier alpha value is -1.60. The van der Waals surface area contributed by atoms with E-state index >= 15 is 0 Å². The van der Waals surface area contributed by atoms with Crippen molar-refractivity contribution in [3.8, 4) is 17.7 Å². The van der Waals surface area contributed by atoms with Gasteiger partial charge in [-0.15, -0.1) is 0 Å². The highest BCUT2D eigenvalue weighted by atomic mass is 16.5. The van der Waals surface area contributed by atoms with Crippen molar-refractivity contribution in [1.29, 1.82) is 0 Å². The maximum Gasteiger partial charge on any atom is 0.248 e. The van der Waals surface area contributed by atoms with Gasteiger partial charge in [0.2, 0.25) is 5.88 Å². The van der Waals surface area contributed by atoms with Crippen LogP contribution in [0.2, 0.25) is 0 Å². The molecule has 0 saturated heterocycles. The fourth-order valence-corrected chi connectivity index (χ4v) is 1.06. The molecule has 0 unspecified atom stereocenters. The summed E-state index contributed by atoms with van der Waals surface area (Å²) in [6, 6.07) is 0. The van der Waals surface area contributed by atoms with Crippen LogP contribution in [-0.4, -0.2) is 23.6 Å². The van der Waals surface area contributed by atoms with Crippen LogP contribution >= 0.6 is 0 Å². The summed E-state index contributed by atoms with van der Waals surface area (Å²) in [6.07, 6.45) is 6.04. The molecule has 4 heteroatoms. The number of nitrogens with zero attached hydrogens (tertiary/aromatic N) is 2. The maximum absolute atomic E-state index is 5.38. The molecule has 4 nitrogen and oxygen atoms in total. The van der Waals surface area contributed by atoms with Crippen LogP contribution in [0.3, 0.4) is 0 Å². The van der Waals surface area contributed by atoms with Gasteiger partial charge in [-0.05, 0) is 25.3 Å². The Labute approximate surface area is 89.9 Å². The highest BCUT2D eigenvalue weighted by Gasteiger charge is 1.99. The summed E-state index contributed by atoms with van der Waals surface area (Å²) in [4.78, 5) is 8.09. The fraction of sp³-hybridized carbons (Fsp3) is 0.455. The van der Waals surface area contributed by atoms with E-state index in [2.05, 4.69) is 21.8 Å². The predicted octanol–water partition coefficient (Wildman–Crippen LogP) is 0.966. The molecular formula is C11H15N3O. The lowest BCUT2D eigenvalue weighted by Crippen LogP contribution is -1.97. The molecular weight excluding hydrogens is 190 g/mol. The fourth-order valence-electron chi connectivity index (χ4n) is 1.06. The number of ether oxygens (including phenoxy) is 1. The van der Waals surface area contributed by atoms with Crippen molar-refractivity contribution in [2.24, 2.45) is 5.73 Å². The van der Waals surface area contributed by atoms with Crippen LogP contribution in [-0.2, 0) is 0 Å². The second kappa shape index (κ2) is 6.80. The van der Waals surface area contributed by atoms with Crippen molar-refractivity contribution in [2.75, 3.05) is 13.7 Å². The van der Waals surface area contributed by atoms with Crippen LogP contribution in [0.1, 0.15) is 25.0 Å². The summed E-state index contributed by atoms with van der Waals surface area (Å²) in [6.45, 7) is 0.718. The molecule has 0 spiro atoms. The van der Waals surface area contributed by atoms with Gasteiger partial charge >= 0.3 is 0 Å². The van der Waals surface area contributed by atoms with Gasteiger partial charge in [-0.3, -0.25) is 0 Å². The average Bonchev–Trinajstić information content (AvgIpc) is 2.29. The highest BCUT2D eigenvalue weighted by Crippen LogP contribution is 2.08. The minimum atomic E-state index is 0.476. The van der Waals surface area contributed by atoms with Crippen LogP contribution in [0.15, 0.2) is 12.4 Å². The van der Waals surface area contributed by atoms with E-state index in [1.165, 1.54) is 0 Å². The van der Waals surface area contributed by atoms with E-state index in [-0.39, 0.29) is 0 Å². The van der Waals surface area contributed by atoms with Crippen molar-refractivity contribution >= 4 is 0 Å². The summed E-state index contributed by atoms with van der Waals surface area (Å²) >= 11 is 0. The second-order valence-electron chi connectivity index (χ2n) is 2.96. The van der Waals surface area contributed by atoms with Gasteiger partial charge in [0.1, 0.15) is 0 Å². The van der Waals surface area contributed by atoms with E-state index in [9.17, 15) is 0 Å². The first-order chi connectivity index (χ1) is 7.38. The number of nitrogens with two attached hydrogens (primary N) is 1. The molecule has 0 radical (unpaired) electrons. The van der Waals surface area contributed by atoms with Crippen LogP contribution in [0.4, 0.5) is 0 Å². The SMILES string of the molecule is COc1nccnc1C#CCCCCN. The largest absolute Gasteiger partial charge is 0.479 e. The third-order valence-electron chi connectivity index (χ3n) is 1.82. The van der Waals surface area contributed by atoms with Gasteiger partial charge in [-0.1, -0.05) is 5.92 Å². The normalized spacial score (nSPS) is 9.20. The number of unbranched alkanes of at least 4 members (excludes halogenated alkanes) is 2. The molecule has 1 aromatic rings. The van der Waals surface area contributed by atoms with Crippen molar-refractivity contribution in [1.82, 2.24) is 9.97 Å². The highest BCUT2D eigenvalue weighted by molar-refractivity contribution is 5.35. The number of aromatic nitrogens is 2. The third kappa shape index (κ3) is 3.96. The topological polar surface area (TPSA) is 61.0 Å². The Morgan fingerprint density at radius 3 is 2.87 bits per heavy atom. The van der Waals surface area contributed by atoms with Crippen molar-refractivity contribution in [3.05, 3.63) is 18.1 Å². The van der Waals surface area contributed by atoms with Gasteiger partial charge in [0, 0.05) is 18.8 Å². The van der Waals surface area contributed by atoms with E-state index in [0.29, 0.717) is 11.6 Å². The van der Waals surface area contributed by atoms with Gasteiger partial charge in [0.05, 0.1) is 7.11 Å². The Kier molecular flexibility index (Phi) is 5.20. The molecule has 0 aromatic carbocycles. The minimum absolute atomic E-state index is 0.476. The molecule has 0 saturated carbocycles. The zero-order chi connectivity index (χ0) is 10.9. The molecule has 15 heavy (non-hydrogen) atoms. The lowest BCUT2D eigenvalue weighted by atomic mass is 10.2. The molecule has 0 atom stereocenters. The molecule has 1 rings (SSSR count). The molecule has 1 heterocycles. The molecule has 1 aromatic heterocycles. The van der Waals surface area contributed by atoms with Crippen LogP contribution in [0.5, 0.6) is 5.88 Å².